The molecule has 4 nitrogen and oxygen atoms in total. The molecule has 0 aliphatic heterocycles. The molecule has 0 aromatic heterocycles. The van der Waals surface area contributed by atoms with Crippen LogP contribution >= 0.6 is 0 Å². The molecule has 44 valence electrons. The maximum absolute atomic E-state index is 7.97. The van der Waals surface area contributed by atoms with Gasteiger partial charge in [-0.15, -0.1) is 0 Å². The predicted molar refractivity (Wildman–Crippen MR) is 24.8 cm³/mol. The molecule has 0 aromatic rings. The van der Waals surface area contributed by atoms with Gasteiger partial charge in [0.15, 0.2) is 0 Å². The van der Waals surface area contributed by atoms with Crippen LogP contribution in [0.15, 0.2) is 12.8 Å². The van der Waals surface area contributed by atoms with E-state index in [-0.39, 0.29) is 70.3 Å². The van der Waals surface area contributed by atoms with Gasteiger partial charge in [-0.25, -0.2) is 0 Å². The summed E-state index contributed by atoms with van der Waals surface area (Å²) in [6.45, 7) is 2.98. The number of rotatable bonds is 2. The molecule has 0 aliphatic carbocycles. The van der Waals surface area contributed by atoms with E-state index in [2.05, 4.69) is 11.0 Å². The fraction of sp³-hybridized carbons (Fsp3) is 0. The van der Waals surface area contributed by atoms with Gasteiger partial charge >= 0.3 is 77.9 Å². The van der Waals surface area contributed by atoms with E-state index in [4.69, 9.17) is 14.4 Å². The second-order valence-corrected chi connectivity index (χ2v) is 2.24. The van der Waals surface area contributed by atoms with Crippen LogP contribution < -0.4 is 68.9 Å². The summed E-state index contributed by atoms with van der Waals surface area (Å²) in [6, 6.07) is 0. The maximum Gasteiger partial charge on any atom is 1.00 e. The van der Waals surface area contributed by atoms with Gasteiger partial charge in [0.2, 0.25) is 0 Å². The van der Waals surface area contributed by atoms with Crippen LogP contribution in [0.5, 0.6) is 0 Å². The van der Waals surface area contributed by atoms with E-state index in [1.807, 2.05) is 0 Å². The summed E-state index contributed by atoms with van der Waals surface area (Å²) in [6.07, 6.45) is 0.770. The van der Waals surface area contributed by atoms with E-state index in [1.165, 1.54) is 0 Å². The molecule has 0 rings (SSSR count). The Morgan fingerprint density at radius 3 is 1.88 bits per heavy atom. The second kappa shape index (κ2) is 5.47. The van der Waals surface area contributed by atoms with Crippen LogP contribution in [-0.2, 0) is 4.43 Å². The largest absolute Gasteiger partial charge is 1.00 e. The SMILES string of the molecule is C=CO[Si](O)(O)O.[Cs+].[H-]. The molecule has 6 heteroatoms. The van der Waals surface area contributed by atoms with E-state index >= 15 is 0 Å². The molecule has 0 bridgehead atoms. The van der Waals surface area contributed by atoms with E-state index in [1.54, 1.807) is 0 Å². The molecule has 0 spiro atoms. The van der Waals surface area contributed by atoms with Gasteiger partial charge < -0.3 is 20.2 Å². The fourth-order valence-electron chi connectivity index (χ4n) is 0.112. The van der Waals surface area contributed by atoms with Crippen molar-refractivity contribution < 1.29 is 89.1 Å². The third-order valence-corrected chi connectivity index (χ3v) is 0.724. The third kappa shape index (κ3) is 10.6. The van der Waals surface area contributed by atoms with Crippen LogP contribution in [0, 0.1) is 0 Å². The molecule has 0 saturated heterocycles. The van der Waals surface area contributed by atoms with Crippen molar-refractivity contribution in [3.63, 3.8) is 0 Å². The van der Waals surface area contributed by atoms with Gasteiger partial charge in [0, 0.05) is 0 Å². The van der Waals surface area contributed by atoms with E-state index in [9.17, 15) is 0 Å². The molecular formula is C2H7CsO4Si. The summed E-state index contributed by atoms with van der Waals surface area (Å²) in [5.74, 6) is 0. The molecule has 0 saturated carbocycles. The van der Waals surface area contributed by atoms with Gasteiger partial charge in [0.05, 0.1) is 6.26 Å². The average Bonchev–Trinajstić information content (AvgIpc) is 1.30. The summed E-state index contributed by atoms with van der Waals surface area (Å²) in [7, 11) is -4.28. The van der Waals surface area contributed by atoms with Crippen LogP contribution in [0.3, 0.4) is 0 Å². The summed E-state index contributed by atoms with van der Waals surface area (Å²) < 4.78 is 3.80. The van der Waals surface area contributed by atoms with Gasteiger partial charge in [-0.05, 0) is 0 Å². The van der Waals surface area contributed by atoms with E-state index in [0.29, 0.717) is 0 Å². The summed E-state index contributed by atoms with van der Waals surface area (Å²) in [5, 5.41) is 0. The first kappa shape index (κ1) is 12.4. The smallest absolute Gasteiger partial charge is 1.00 e. The monoisotopic (exact) mass is 256 g/mol. The van der Waals surface area contributed by atoms with Gasteiger partial charge in [-0.1, -0.05) is 6.58 Å². The minimum atomic E-state index is -4.28. The van der Waals surface area contributed by atoms with Crippen molar-refractivity contribution in [2.75, 3.05) is 0 Å². The average molecular weight is 256 g/mol. The standard InChI is InChI=1S/C2H6O4Si.Cs.H/c1-2-6-7(3,4)5;;/h2-5H,1H2;;/q;+1;-1. The Labute approximate surface area is 109 Å². The quantitative estimate of drug-likeness (QED) is 0.345. The molecule has 0 atom stereocenters. The Balaban J connectivity index is -0.000000180. The Morgan fingerprint density at radius 1 is 1.50 bits per heavy atom. The van der Waals surface area contributed by atoms with Crippen molar-refractivity contribution in [3.05, 3.63) is 12.8 Å². The Morgan fingerprint density at radius 2 is 1.88 bits per heavy atom. The number of hydrogen-bond donors (Lipinski definition) is 3. The zero-order valence-electron chi connectivity index (χ0n) is 5.53. The molecule has 0 heterocycles. The second-order valence-electron chi connectivity index (χ2n) is 0.858. The van der Waals surface area contributed by atoms with Gasteiger partial charge in [0.25, 0.3) is 0 Å². The summed E-state index contributed by atoms with van der Waals surface area (Å²) >= 11 is 0. The van der Waals surface area contributed by atoms with Crippen LogP contribution in [0.4, 0.5) is 0 Å². The molecule has 0 unspecified atom stereocenters. The Kier molecular flexibility index (Phi) is 8.46. The van der Waals surface area contributed by atoms with Crippen molar-refractivity contribution >= 4 is 9.05 Å². The van der Waals surface area contributed by atoms with Crippen LogP contribution in [0.2, 0.25) is 0 Å². The van der Waals surface area contributed by atoms with Crippen molar-refractivity contribution in [1.82, 2.24) is 0 Å². The molecule has 0 aliphatic rings. The molecule has 0 radical (unpaired) electrons. The van der Waals surface area contributed by atoms with E-state index in [0.717, 1.165) is 6.26 Å². The van der Waals surface area contributed by atoms with Crippen molar-refractivity contribution in [2.45, 2.75) is 0 Å². The summed E-state index contributed by atoms with van der Waals surface area (Å²) in [5.41, 5.74) is 0. The molecule has 3 N–H and O–H groups in total. The van der Waals surface area contributed by atoms with Crippen LogP contribution in [-0.4, -0.2) is 23.4 Å². The minimum Gasteiger partial charge on any atom is -1.00 e. The van der Waals surface area contributed by atoms with Crippen LogP contribution in [0.25, 0.3) is 0 Å². The Bertz CT molecular complexity index is 73.5. The first-order valence-corrected chi connectivity index (χ1v) is 3.27. The first-order valence-electron chi connectivity index (χ1n) is 1.52. The molecule has 0 aromatic carbocycles. The third-order valence-electron chi connectivity index (χ3n) is 0.241. The number of hydrogen-bond acceptors (Lipinski definition) is 4. The predicted octanol–water partition coefficient (Wildman–Crippen LogP) is -4.32. The van der Waals surface area contributed by atoms with Crippen LogP contribution in [0.1, 0.15) is 1.43 Å². The Hall–Kier alpha value is 1.69. The van der Waals surface area contributed by atoms with E-state index < -0.39 is 9.05 Å². The molecule has 0 amide bonds. The van der Waals surface area contributed by atoms with Gasteiger partial charge in [0.1, 0.15) is 0 Å². The maximum atomic E-state index is 7.97. The zero-order chi connectivity index (χ0) is 5.91. The molecule has 8 heavy (non-hydrogen) atoms. The molecule has 0 fully saturated rings. The normalized spacial score (nSPS) is 9.38. The first-order chi connectivity index (χ1) is 3.06. The van der Waals surface area contributed by atoms with Gasteiger partial charge in [-0.3, -0.25) is 0 Å². The summed E-state index contributed by atoms with van der Waals surface area (Å²) in [4.78, 5) is 23.9. The zero-order valence-corrected chi connectivity index (χ0v) is 11.8. The van der Waals surface area contributed by atoms with Crippen molar-refractivity contribution in [3.8, 4) is 0 Å². The molecular weight excluding hydrogens is 249 g/mol. The fourth-order valence-corrected chi connectivity index (χ4v) is 0.335. The van der Waals surface area contributed by atoms with Crippen molar-refractivity contribution in [1.29, 1.82) is 0 Å². The topological polar surface area (TPSA) is 69.9 Å². The van der Waals surface area contributed by atoms with Gasteiger partial charge in [-0.2, -0.15) is 0 Å². The minimum absolute atomic E-state index is 0. The van der Waals surface area contributed by atoms with Crippen molar-refractivity contribution in [2.24, 2.45) is 0 Å².